The van der Waals surface area contributed by atoms with E-state index in [0.29, 0.717) is 12.3 Å². The maximum Gasteiger partial charge on any atom is 0.241 e. The van der Waals surface area contributed by atoms with Crippen LogP contribution in [0.2, 0.25) is 0 Å². The standard InChI is InChI=1S/C14H25N3O2/c1-10(2)7-14(5,19)9-15-13(18)8-17-12(4)6-11(3)16-17/h6,10,19H,7-9H2,1-5H3,(H,15,18). The zero-order valence-corrected chi connectivity index (χ0v) is 12.5. The van der Waals surface area contributed by atoms with E-state index in [1.807, 2.05) is 33.8 Å². The number of aromatic nitrogens is 2. The van der Waals surface area contributed by atoms with Gasteiger partial charge in [0.1, 0.15) is 6.54 Å². The Morgan fingerprint density at radius 3 is 2.63 bits per heavy atom. The first-order valence-corrected chi connectivity index (χ1v) is 6.70. The van der Waals surface area contributed by atoms with Crippen molar-refractivity contribution in [3.63, 3.8) is 0 Å². The van der Waals surface area contributed by atoms with E-state index < -0.39 is 5.60 Å². The van der Waals surface area contributed by atoms with Crippen LogP contribution >= 0.6 is 0 Å². The summed E-state index contributed by atoms with van der Waals surface area (Å²) < 4.78 is 1.67. The monoisotopic (exact) mass is 267 g/mol. The van der Waals surface area contributed by atoms with Gasteiger partial charge in [0.05, 0.1) is 11.3 Å². The lowest BCUT2D eigenvalue weighted by molar-refractivity contribution is -0.123. The largest absolute Gasteiger partial charge is 0.388 e. The third-order valence-electron chi connectivity index (χ3n) is 2.91. The van der Waals surface area contributed by atoms with E-state index in [1.54, 1.807) is 11.6 Å². The minimum absolute atomic E-state index is 0.129. The number of nitrogens with zero attached hydrogens (tertiary/aromatic N) is 2. The lowest BCUT2D eigenvalue weighted by atomic mass is 9.94. The van der Waals surface area contributed by atoms with Gasteiger partial charge in [-0.1, -0.05) is 13.8 Å². The molecule has 0 bridgehead atoms. The molecule has 0 saturated carbocycles. The molecular weight excluding hydrogens is 242 g/mol. The Balaban J connectivity index is 2.46. The van der Waals surface area contributed by atoms with Gasteiger partial charge in [-0.05, 0) is 39.2 Å². The summed E-state index contributed by atoms with van der Waals surface area (Å²) in [7, 11) is 0. The van der Waals surface area contributed by atoms with Crippen LogP contribution in [0, 0.1) is 19.8 Å². The van der Waals surface area contributed by atoms with Crippen molar-refractivity contribution in [3.05, 3.63) is 17.5 Å². The van der Waals surface area contributed by atoms with E-state index in [2.05, 4.69) is 10.4 Å². The highest BCUT2D eigenvalue weighted by Gasteiger charge is 2.22. The molecule has 5 nitrogen and oxygen atoms in total. The van der Waals surface area contributed by atoms with Gasteiger partial charge in [-0.25, -0.2) is 0 Å². The number of aliphatic hydroxyl groups is 1. The molecule has 0 aliphatic rings. The molecule has 1 amide bonds. The number of aryl methyl sites for hydroxylation is 2. The van der Waals surface area contributed by atoms with E-state index in [9.17, 15) is 9.90 Å². The molecule has 0 aliphatic heterocycles. The van der Waals surface area contributed by atoms with Gasteiger partial charge < -0.3 is 10.4 Å². The lowest BCUT2D eigenvalue weighted by Crippen LogP contribution is -2.42. The van der Waals surface area contributed by atoms with Gasteiger partial charge in [0.25, 0.3) is 0 Å². The Labute approximate surface area is 115 Å². The second kappa shape index (κ2) is 6.19. The summed E-state index contributed by atoms with van der Waals surface area (Å²) in [5.74, 6) is 0.262. The van der Waals surface area contributed by atoms with Crippen LogP contribution in [0.4, 0.5) is 0 Å². The summed E-state index contributed by atoms with van der Waals surface area (Å²) in [6, 6.07) is 1.93. The van der Waals surface area contributed by atoms with Gasteiger partial charge in [0, 0.05) is 12.2 Å². The highest BCUT2D eigenvalue weighted by molar-refractivity contribution is 5.75. The van der Waals surface area contributed by atoms with E-state index >= 15 is 0 Å². The predicted molar refractivity (Wildman–Crippen MR) is 74.8 cm³/mol. The topological polar surface area (TPSA) is 67.2 Å². The smallest absolute Gasteiger partial charge is 0.241 e. The molecule has 0 aromatic carbocycles. The second-order valence-electron chi connectivity index (χ2n) is 5.96. The summed E-state index contributed by atoms with van der Waals surface area (Å²) in [5.41, 5.74) is 0.998. The zero-order valence-electron chi connectivity index (χ0n) is 12.5. The van der Waals surface area contributed by atoms with Crippen LogP contribution in [0.25, 0.3) is 0 Å². The minimum Gasteiger partial charge on any atom is -0.388 e. The average molecular weight is 267 g/mol. The normalized spacial score (nSPS) is 14.5. The number of carbonyl (C=O) groups excluding carboxylic acids is 1. The van der Waals surface area contributed by atoms with Gasteiger partial charge in [-0.2, -0.15) is 5.10 Å². The SMILES string of the molecule is Cc1cc(C)n(CC(=O)NCC(C)(O)CC(C)C)n1. The number of amides is 1. The van der Waals surface area contributed by atoms with Crippen LogP contribution in [0.1, 0.15) is 38.6 Å². The molecule has 0 saturated heterocycles. The van der Waals surface area contributed by atoms with Gasteiger partial charge in [0.15, 0.2) is 0 Å². The third kappa shape index (κ3) is 5.42. The molecule has 5 heteroatoms. The van der Waals surface area contributed by atoms with E-state index in [-0.39, 0.29) is 19.0 Å². The van der Waals surface area contributed by atoms with Crippen molar-refractivity contribution in [1.82, 2.24) is 15.1 Å². The summed E-state index contributed by atoms with van der Waals surface area (Å²) in [6.07, 6.45) is 0.660. The quantitative estimate of drug-likeness (QED) is 0.819. The van der Waals surface area contributed by atoms with Crippen LogP contribution in [0.5, 0.6) is 0 Å². The first-order chi connectivity index (χ1) is 8.69. The van der Waals surface area contributed by atoms with Crippen LogP contribution in [-0.4, -0.2) is 32.9 Å². The molecule has 1 aromatic rings. The molecule has 1 heterocycles. The van der Waals surface area contributed by atoms with Crippen LogP contribution in [-0.2, 0) is 11.3 Å². The highest BCUT2D eigenvalue weighted by atomic mass is 16.3. The molecule has 19 heavy (non-hydrogen) atoms. The van der Waals surface area contributed by atoms with Crippen molar-refractivity contribution in [2.24, 2.45) is 5.92 Å². The van der Waals surface area contributed by atoms with Gasteiger partial charge in [-0.3, -0.25) is 9.48 Å². The summed E-state index contributed by atoms with van der Waals surface area (Å²) in [4.78, 5) is 11.8. The second-order valence-corrected chi connectivity index (χ2v) is 5.96. The van der Waals surface area contributed by atoms with Crippen LogP contribution in [0.15, 0.2) is 6.07 Å². The molecule has 0 spiro atoms. The number of carbonyl (C=O) groups is 1. The number of nitrogens with one attached hydrogen (secondary N) is 1. The molecule has 0 radical (unpaired) electrons. The third-order valence-corrected chi connectivity index (χ3v) is 2.91. The molecular formula is C14H25N3O2. The molecule has 1 unspecified atom stereocenters. The molecule has 0 fully saturated rings. The molecule has 1 atom stereocenters. The minimum atomic E-state index is -0.862. The first kappa shape index (κ1) is 15.7. The molecule has 2 N–H and O–H groups in total. The number of hydrogen-bond acceptors (Lipinski definition) is 3. The van der Waals surface area contributed by atoms with Crippen LogP contribution < -0.4 is 5.32 Å². The van der Waals surface area contributed by atoms with E-state index in [4.69, 9.17) is 0 Å². The molecule has 1 rings (SSSR count). The Morgan fingerprint density at radius 1 is 1.53 bits per heavy atom. The number of hydrogen-bond donors (Lipinski definition) is 2. The van der Waals surface area contributed by atoms with Gasteiger partial charge >= 0.3 is 0 Å². The average Bonchev–Trinajstić information content (AvgIpc) is 2.53. The predicted octanol–water partition coefficient (Wildman–Crippen LogP) is 1.41. The lowest BCUT2D eigenvalue weighted by Gasteiger charge is -2.25. The number of rotatable bonds is 6. The van der Waals surface area contributed by atoms with Crippen molar-refractivity contribution in [2.75, 3.05) is 6.54 Å². The van der Waals surface area contributed by atoms with E-state index in [1.165, 1.54) is 0 Å². The Morgan fingerprint density at radius 2 is 2.16 bits per heavy atom. The van der Waals surface area contributed by atoms with Crippen molar-refractivity contribution >= 4 is 5.91 Å². The fraction of sp³-hybridized carbons (Fsp3) is 0.714. The maximum absolute atomic E-state index is 11.8. The Hall–Kier alpha value is -1.36. The Kier molecular flexibility index (Phi) is 5.11. The highest BCUT2D eigenvalue weighted by Crippen LogP contribution is 2.14. The Bertz CT molecular complexity index is 436. The van der Waals surface area contributed by atoms with Crippen molar-refractivity contribution in [2.45, 2.75) is 53.2 Å². The van der Waals surface area contributed by atoms with Crippen molar-refractivity contribution in [1.29, 1.82) is 0 Å². The summed E-state index contributed by atoms with van der Waals surface area (Å²) in [6.45, 7) is 10.1. The molecule has 1 aromatic heterocycles. The van der Waals surface area contributed by atoms with Crippen molar-refractivity contribution in [3.8, 4) is 0 Å². The van der Waals surface area contributed by atoms with E-state index in [0.717, 1.165) is 11.4 Å². The van der Waals surface area contributed by atoms with Gasteiger partial charge in [0.2, 0.25) is 5.91 Å². The molecule has 0 aliphatic carbocycles. The fourth-order valence-electron chi connectivity index (χ4n) is 2.27. The van der Waals surface area contributed by atoms with Crippen LogP contribution in [0.3, 0.4) is 0 Å². The first-order valence-electron chi connectivity index (χ1n) is 6.70. The zero-order chi connectivity index (χ0) is 14.6. The van der Waals surface area contributed by atoms with Gasteiger partial charge in [-0.15, -0.1) is 0 Å². The summed E-state index contributed by atoms with van der Waals surface area (Å²) >= 11 is 0. The maximum atomic E-state index is 11.8. The van der Waals surface area contributed by atoms with Crippen molar-refractivity contribution < 1.29 is 9.90 Å². The molecule has 108 valence electrons. The fourth-order valence-corrected chi connectivity index (χ4v) is 2.27. The summed E-state index contributed by atoms with van der Waals surface area (Å²) in [5, 5.41) is 17.1.